The first-order valence-corrected chi connectivity index (χ1v) is 7.28. The van der Waals surface area contributed by atoms with Gasteiger partial charge in [-0.1, -0.05) is 25.1 Å². The van der Waals surface area contributed by atoms with Gasteiger partial charge in [-0.3, -0.25) is 0 Å². The van der Waals surface area contributed by atoms with Crippen LogP contribution in [-0.2, 0) is 6.54 Å². The molecule has 0 amide bonds. The van der Waals surface area contributed by atoms with Crippen molar-refractivity contribution in [2.75, 3.05) is 6.54 Å². The van der Waals surface area contributed by atoms with E-state index in [4.69, 9.17) is 4.42 Å². The Kier molecular flexibility index (Phi) is 3.63. The fourth-order valence-electron chi connectivity index (χ4n) is 2.29. The van der Waals surface area contributed by atoms with Gasteiger partial charge in [-0.05, 0) is 31.4 Å². The number of aliphatic imine (C=N–C) groups is 1. The predicted octanol–water partition coefficient (Wildman–Crippen LogP) is 2.90. The number of hydrogen-bond donors (Lipinski definition) is 2. The highest BCUT2D eigenvalue weighted by atomic mass is 16.3. The molecular formula is C16H21N3O. The van der Waals surface area contributed by atoms with Crippen LogP contribution in [-0.4, -0.2) is 18.5 Å². The lowest BCUT2D eigenvalue weighted by Crippen LogP contribution is -2.39. The zero-order valence-electron chi connectivity index (χ0n) is 12.0. The maximum atomic E-state index is 5.78. The molecule has 0 spiro atoms. The van der Waals surface area contributed by atoms with E-state index < -0.39 is 0 Å². The van der Waals surface area contributed by atoms with Crippen molar-refractivity contribution in [1.82, 2.24) is 10.6 Å². The molecule has 2 aromatic rings. The summed E-state index contributed by atoms with van der Waals surface area (Å²) in [4.78, 5) is 4.59. The van der Waals surface area contributed by atoms with Gasteiger partial charge in [0.1, 0.15) is 17.9 Å². The first kappa shape index (κ1) is 13.0. The molecule has 1 aromatic heterocycles. The Hall–Kier alpha value is -1.97. The third-order valence-electron chi connectivity index (χ3n) is 3.65. The number of rotatable bonds is 4. The highest BCUT2D eigenvalue weighted by Gasteiger charge is 2.33. The number of guanidine groups is 1. The van der Waals surface area contributed by atoms with Gasteiger partial charge in [0.25, 0.3) is 0 Å². The molecule has 1 aromatic carbocycles. The minimum absolute atomic E-state index is 0.561. The van der Waals surface area contributed by atoms with Crippen molar-refractivity contribution in [3.8, 4) is 0 Å². The van der Waals surface area contributed by atoms with Crippen molar-refractivity contribution in [3.05, 3.63) is 36.1 Å². The molecule has 1 aliphatic rings. The summed E-state index contributed by atoms with van der Waals surface area (Å²) in [5.41, 5.74) is 0.923. The van der Waals surface area contributed by atoms with Crippen LogP contribution in [0.3, 0.4) is 0 Å². The molecule has 1 saturated carbocycles. The Labute approximate surface area is 119 Å². The molecule has 2 unspecified atom stereocenters. The van der Waals surface area contributed by atoms with Crippen LogP contribution in [0.1, 0.15) is 26.0 Å². The lowest BCUT2D eigenvalue weighted by Gasteiger charge is -2.10. The summed E-state index contributed by atoms with van der Waals surface area (Å²) in [7, 11) is 0. The predicted molar refractivity (Wildman–Crippen MR) is 81.7 cm³/mol. The number of hydrogen-bond acceptors (Lipinski definition) is 2. The van der Waals surface area contributed by atoms with E-state index in [9.17, 15) is 0 Å². The van der Waals surface area contributed by atoms with Crippen molar-refractivity contribution in [2.45, 2.75) is 32.9 Å². The Morgan fingerprint density at radius 2 is 2.20 bits per heavy atom. The van der Waals surface area contributed by atoms with E-state index in [0.29, 0.717) is 12.6 Å². The molecule has 2 atom stereocenters. The van der Waals surface area contributed by atoms with Crippen molar-refractivity contribution >= 4 is 16.9 Å². The quantitative estimate of drug-likeness (QED) is 0.664. The van der Waals surface area contributed by atoms with Gasteiger partial charge in [-0.15, -0.1) is 0 Å². The van der Waals surface area contributed by atoms with Gasteiger partial charge in [0.05, 0.1) is 0 Å². The minimum Gasteiger partial charge on any atom is -0.459 e. The fraction of sp³-hybridized carbons (Fsp3) is 0.438. The van der Waals surface area contributed by atoms with Crippen LogP contribution in [0.2, 0.25) is 0 Å². The molecule has 2 N–H and O–H groups in total. The Bertz CT molecular complexity index is 584. The molecule has 4 nitrogen and oxygen atoms in total. The SMILES string of the molecule is CCNC(=NCc1cc2ccccc2o1)NC1CC1C. The number of nitrogens with zero attached hydrogens (tertiary/aromatic N) is 1. The van der Waals surface area contributed by atoms with Crippen molar-refractivity contribution < 1.29 is 4.42 Å². The molecule has 1 heterocycles. The molecule has 0 aliphatic heterocycles. The lowest BCUT2D eigenvalue weighted by atomic mass is 10.2. The minimum atomic E-state index is 0.561. The molecular weight excluding hydrogens is 250 g/mol. The summed E-state index contributed by atoms with van der Waals surface area (Å²) in [6.07, 6.45) is 1.23. The molecule has 0 bridgehead atoms. The van der Waals surface area contributed by atoms with Crippen molar-refractivity contribution in [3.63, 3.8) is 0 Å². The van der Waals surface area contributed by atoms with Gasteiger partial charge in [-0.2, -0.15) is 0 Å². The maximum absolute atomic E-state index is 5.78. The van der Waals surface area contributed by atoms with Gasteiger partial charge in [0.2, 0.25) is 0 Å². The summed E-state index contributed by atoms with van der Waals surface area (Å²) >= 11 is 0. The van der Waals surface area contributed by atoms with Crippen LogP contribution in [0, 0.1) is 5.92 Å². The van der Waals surface area contributed by atoms with Gasteiger partial charge in [-0.25, -0.2) is 4.99 Å². The largest absolute Gasteiger partial charge is 0.459 e. The first-order valence-electron chi connectivity index (χ1n) is 7.28. The smallest absolute Gasteiger partial charge is 0.191 e. The van der Waals surface area contributed by atoms with Crippen molar-refractivity contribution in [1.29, 1.82) is 0 Å². The van der Waals surface area contributed by atoms with E-state index in [1.165, 1.54) is 6.42 Å². The second-order valence-corrected chi connectivity index (χ2v) is 5.41. The Morgan fingerprint density at radius 3 is 2.90 bits per heavy atom. The van der Waals surface area contributed by atoms with Gasteiger partial charge in [0, 0.05) is 18.0 Å². The lowest BCUT2D eigenvalue weighted by molar-refractivity contribution is 0.551. The molecule has 3 rings (SSSR count). The van der Waals surface area contributed by atoms with Crippen LogP contribution in [0.15, 0.2) is 39.7 Å². The van der Waals surface area contributed by atoms with E-state index >= 15 is 0 Å². The number of fused-ring (bicyclic) bond motifs is 1. The normalized spacial score (nSPS) is 22.0. The molecule has 0 radical (unpaired) electrons. The average molecular weight is 271 g/mol. The van der Waals surface area contributed by atoms with Crippen LogP contribution in [0.4, 0.5) is 0 Å². The van der Waals surface area contributed by atoms with Gasteiger partial charge >= 0.3 is 0 Å². The summed E-state index contributed by atoms with van der Waals surface area (Å²) in [5.74, 6) is 2.53. The van der Waals surface area contributed by atoms with Crippen molar-refractivity contribution in [2.24, 2.45) is 10.9 Å². The van der Waals surface area contributed by atoms with Crippen LogP contribution >= 0.6 is 0 Å². The highest BCUT2D eigenvalue weighted by molar-refractivity contribution is 5.81. The number of nitrogens with one attached hydrogen (secondary N) is 2. The van der Waals surface area contributed by atoms with E-state index in [1.54, 1.807) is 0 Å². The summed E-state index contributed by atoms with van der Waals surface area (Å²) in [6, 6.07) is 10.7. The molecule has 0 saturated heterocycles. The second kappa shape index (κ2) is 5.57. The summed E-state index contributed by atoms with van der Waals surface area (Å²) in [6.45, 7) is 5.76. The Morgan fingerprint density at radius 1 is 1.40 bits per heavy atom. The van der Waals surface area contributed by atoms with Gasteiger partial charge < -0.3 is 15.1 Å². The second-order valence-electron chi connectivity index (χ2n) is 5.41. The van der Waals surface area contributed by atoms with Crippen LogP contribution in [0.25, 0.3) is 11.0 Å². The van der Waals surface area contributed by atoms with Crippen LogP contribution < -0.4 is 10.6 Å². The zero-order chi connectivity index (χ0) is 13.9. The first-order chi connectivity index (χ1) is 9.76. The van der Waals surface area contributed by atoms with E-state index in [2.05, 4.69) is 41.6 Å². The number of benzene rings is 1. The summed E-state index contributed by atoms with van der Waals surface area (Å²) < 4.78 is 5.78. The topological polar surface area (TPSA) is 49.6 Å². The number of para-hydroxylation sites is 1. The molecule has 1 aliphatic carbocycles. The van der Waals surface area contributed by atoms with E-state index in [-0.39, 0.29) is 0 Å². The standard InChI is InChI=1S/C16H21N3O/c1-3-17-16(19-14-8-11(14)2)18-10-13-9-12-6-4-5-7-15(12)20-13/h4-7,9,11,14H,3,8,10H2,1-2H3,(H2,17,18,19). The average Bonchev–Trinajstić information content (AvgIpc) is 2.99. The Balaban J connectivity index is 1.69. The molecule has 20 heavy (non-hydrogen) atoms. The van der Waals surface area contributed by atoms with Gasteiger partial charge in [0.15, 0.2) is 5.96 Å². The monoisotopic (exact) mass is 271 g/mol. The fourth-order valence-corrected chi connectivity index (χ4v) is 2.29. The third-order valence-corrected chi connectivity index (χ3v) is 3.65. The van der Waals surface area contributed by atoms with Crippen LogP contribution in [0.5, 0.6) is 0 Å². The maximum Gasteiger partial charge on any atom is 0.191 e. The summed E-state index contributed by atoms with van der Waals surface area (Å²) in [5, 5.41) is 7.85. The third kappa shape index (κ3) is 2.95. The molecule has 1 fully saturated rings. The highest BCUT2D eigenvalue weighted by Crippen LogP contribution is 2.28. The zero-order valence-corrected chi connectivity index (χ0v) is 12.0. The molecule has 106 valence electrons. The molecule has 4 heteroatoms. The van der Waals surface area contributed by atoms with E-state index in [0.717, 1.165) is 35.2 Å². The number of furan rings is 1. The van der Waals surface area contributed by atoms with E-state index in [1.807, 2.05) is 18.2 Å².